The smallest absolute Gasteiger partial charge is 0.239 e. The Hall–Kier alpha value is -1.10. The van der Waals surface area contributed by atoms with Crippen molar-refractivity contribution in [1.29, 1.82) is 0 Å². The van der Waals surface area contributed by atoms with Crippen molar-refractivity contribution in [3.05, 3.63) is 0 Å². The van der Waals surface area contributed by atoms with Crippen molar-refractivity contribution < 1.29 is 14.7 Å². The van der Waals surface area contributed by atoms with Crippen molar-refractivity contribution in [1.82, 2.24) is 10.2 Å². The lowest BCUT2D eigenvalue weighted by Crippen LogP contribution is -2.46. The van der Waals surface area contributed by atoms with Gasteiger partial charge in [0.05, 0.1) is 6.54 Å². The molecule has 0 atom stereocenters. The molecule has 1 aliphatic carbocycles. The van der Waals surface area contributed by atoms with E-state index in [0.29, 0.717) is 18.9 Å². The molecule has 2 N–H and O–H groups in total. The zero-order valence-electron chi connectivity index (χ0n) is 11.4. The van der Waals surface area contributed by atoms with E-state index in [-0.39, 0.29) is 31.0 Å². The maximum atomic E-state index is 11.9. The van der Waals surface area contributed by atoms with E-state index in [1.165, 1.54) is 0 Å². The van der Waals surface area contributed by atoms with E-state index >= 15 is 0 Å². The minimum atomic E-state index is -0.0392. The second kappa shape index (κ2) is 6.89. The van der Waals surface area contributed by atoms with Crippen LogP contribution in [0.3, 0.4) is 0 Å². The van der Waals surface area contributed by atoms with E-state index in [1.807, 2.05) is 0 Å². The molecule has 1 heterocycles. The molecule has 0 bridgehead atoms. The summed E-state index contributed by atoms with van der Waals surface area (Å²) in [6, 6.07) is 0.218. The number of aliphatic hydroxyl groups excluding tert-OH is 1. The zero-order chi connectivity index (χ0) is 13.7. The fourth-order valence-electron chi connectivity index (χ4n) is 2.96. The summed E-state index contributed by atoms with van der Waals surface area (Å²) in [6.07, 6.45) is 6.35. The Kier molecular flexibility index (Phi) is 5.19. The molecule has 0 aromatic rings. The van der Waals surface area contributed by atoms with Crippen molar-refractivity contribution >= 4 is 11.8 Å². The Labute approximate surface area is 114 Å². The van der Waals surface area contributed by atoms with Crippen molar-refractivity contribution in [3.63, 3.8) is 0 Å². The third-order valence-electron chi connectivity index (χ3n) is 4.23. The number of piperidine rings is 1. The predicted molar refractivity (Wildman–Crippen MR) is 71.4 cm³/mol. The largest absolute Gasteiger partial charge is 0.396 e. The number of aliphatic hydroxyl groups is 1. The molecule has 108 valence electrons. The summed E-state index contributed by atoms with van der Waals surface area (Å²) < 4.78 is 0. The molecule has 1 aliphatic heterocycles. The van der Waals surface area contributed by atoms with Gasteiger partial charge in [-0.05, 0) is 44.4 Å². The molecule has 1 saturated heterocycles. The summed E-state index contributed by atoms with van der Waals surface area (Å²) in [5.41, 5.74) is 0. The summed E-state index contributed by atoms with van der Waals surface area (Å²) in [5.74, 6) is 0.463. The summed E-state index contributed by atoms with van der Waals surface area (Å²) in [7, 11) is 0. The second-order valence-electron chi connectivity index (χ2n) is 5.74. The Morgan fingerprint density at radius 3 is 2.63 bits per heavy atom. The number of rotatable bonds is 4. The molecule has 0 spiro atoms. The van der Waals surface area contributed by atoms with Crippen LogP contribution in [0.5, 0.6) is 0 Å². The molecule has 0 aromatic heterocycles. The number of hydrogen-bond donors (Lipinski definition) is 2. The highest BCUT2D eigenvalue weighted by Crippen LogP contribution is 2.23. The molecule has 2 amide bonds. The fraction of sp³-hybridized carbons (Fsp3) is 0.857. The summed E-state index contributed by atoms with van der Waals surface area (Å²) in [4.78, 5) is 25.2. The predicted octanol–water partition coefficient (Wildman–Crippen LogP) is 0.666. The van der Waals surface area contributed by atoms with Gasteiger partial charge in [-0.25, -0.2) is 0 Å². The van der Waals surface area contributed by atoms with E-state index < -0.39 is 0 Å². The average Bonchev–Trinajstić information content (AvgIpc) is 2.42. The lowest BCUT2D eigenvalue weighted by molar-refractivity contribution is -0.138. The lowest BCUT2D eigenvalue weighted by atomic mass is 9.86. The minimum Gasteiger partial charge on any atom is -0.396 e. The van der Waals surface area contributed by atoms with E-state index in [4.69, 9.17) is 5.11 Å². The lowest BCUT2D eigenvalue weighted by Gasteiger charge is -2.30. The van der Waals surface area contributed by atoms with Crippen molar-refractivity contribution in [2.24, 2.45) is 5.92 Å². The van der Waals surface area contributed by atoms with Gasteiger partial charge in [0.25, 0.3) is 0 Å². The number of amides is 2. The van der Waals surface area contributed by atoms with Crippen LogP contribution in [0.2, 0.25) is 0 Å². The topological polar surface area (TPSA) is 69.6 Å². The standard InChI is InChI=1S/C14H24N2O3/c17-10-11-4-6-12(7-5-11)15-13(18)9-16-8-2-1-3-14(16)19/h11-12,17H,1-10H2,(H,15,18). The van der Waals surface area contributed by atoms with Crippen LogP contribution in [-0.4, -0.2) is 47.6 Å². The Bertz CT molecular complexity index is 325. The van der Waals surface area contributed by atoms with Crippen LogP contribution in [0, 0.1) is 5.92 Å². The molecule has 1 saturated carbocycles. The molecule has 5 nitrogen and oxygen atoms in total. The zero-order valence-corrected chi connectivity index (χ0v) is 11.4. The van der Waals surface area contributed by atoms with Crippen LogP contribution in [0.15, 0.2) is 0 Å². The first-order chi connectivity index (χ1) is 9.19. The maximum Gasteiger partial charge on any atom is 0.239 e. The number of carbonyl (C=O) groups is 2. The van der Waals surface area contributed by atoms with Crippen LogP contribution < -0.4 is 5.32 Å². The summed E-state index contributed by atoms with van der Waals surface area (Å²) in [5, 5.41) is 12.1. The Balaban J connectivity index is 1.71. The molecule has 5 heteroatoms. The monoisotopic (exact) mass is 268 g/mol. The van der Waals surface area contributed by atoms with Gasteiger partial charge < -0.3 is 15.3 Å². The van der Waals surface area contributed by atoms with E-state index in [9.17, 15) is 9.59 Å². The van der Waals surface area contributed by atoms with Gasteiger partial charge in [0, 0.05) is 25.6 Å². The highest BCUT2D eigenvalue weighted by Gasteiger charge is 2.24. The van der Waals surface area contributed by atoms with Crippen molar-refractivity contribution in [2.45, 2.75) is 51.0 Å². The van der Waals surface area contributed by atoms with Crippen molar-refractivity contribution in [2.75, 3.05) is 19.7 Å². The van der Waals surface area contributed by atoms with Gasteiger partial charge in [0.15, 0.2) is 0 Å². The van der Waals surface area contributed by atoms with Gasteiger partial charge >= 0.3 is 0 Å². The average molecular weight is 268 g/mol. The van der Waals surface area contributed by atoms with Gasteiger partial charge in [0.2, 0.25) is 11.8 Å². The molecular weight excluding hydrogens is 244 g/mol. The first-order valence-corrected chi connectivity index (χ1v) is 7.37. The molecule has 2 fully saturated rings. The number of likely N-dealkylation sites (tertiary alicyclic amines) is 1. The van der Waals surface area contributed by atoms with Crippen LogP contribution in [0.1, 0.15) is 44.9 Å². The second-order valence-corrected chi connectivity index (χ2v) is 5.74. The minimum absolute atomic E-state index is 0.0392. The Morgan fingerprint density at radius 2 is 2.00 bits per heavy atom. The van der Waals surface area contributed by atoms with Gasteiger partial charge in [-0.3, -0.25) is 9.59 Å². The third-order valence-corrected chi connectivity index (χ3v) is 4.23. The van der Waals surface area contributed by atoms with E-state index in [2.05, 4.69) is 5.32 Å². The molecule has 2 aliphatic rings. The normalized spacial score (nSPS) is 28.3. The molecule has 0 radical (unpaired) electrons. The number of carbonyl (C=O) groups excluding carboxylic acids is 2. The maximum absolute atomic E-state index is 11.9. The van der Waals surface area contributed by atoms with Crippen LogP contribution in [0.25, 0.3) is 0 Å². The van der Waals surface area contributed by atoms with E-state index in [0.717, 1.165) is 38.5 Å². The van der Waals surface area contributed by atoms with Gasteiger partial charge in [0.1, 0.15) is 0 Å². The molecule has 19 heavy (non-hydrogen) atoms. The fourth-order valence-corrected chi connectivity index (χ4v) is 2.96. The molecule has 0 aromatic carbocycles. The SMILES string of the molecule is O=C(CN1CCCCC1=O)NC1CCC(CO)CC1. The van der Waals surface area contributed by atoms with E-state index in [1.54, 1.807) is 4.90 Å². The summed E-state index contributed by atoms with van der Waals surface area (Å²) in [6.45, 7) is 1.17. The molecular formula is C14H24N2O3. The third kappa shape index (κ3) is 4.20. The number of nitrogens with zero attached hydrogens (tertiary/aromatic N) is 1. The van der Waals surface area contributed by atoms with Crippen LogP contribution in [-0.2, 0) is 9.59 Å². The Morgan fingerprint density at radius 1 is 1.26 bits per heavy atom. The highest BCUT2D eigenvalue weighted by atomic mass is 16.3. The number of hydrogen-bond acceptors (Lipinski definition) is 3. The first kappa shape index (κ1) is 14.3. The summed E-state index contributed by atoms with van der Waals surface area (Å²) >= 11 is 0. The number of nitrogens with one attached hydrogen (secondary N) is 1. The van der Waals surface area contributed by atoms with Gasteiger partial charge in [-0.2, -0.15) is 0 Å². The van der Waals surface area contributed by atoms with Crippen molar-refractivity contribution in [3.8, 4) is 0 Å². The van der Waals surface area contributed by atoms with Crippen LogP contribution >= 0.6 is 0 Å². The highest BCUT2D eigenvalue weighted by molar-refractivity contribution is 5.85. The first-order valence-electron chi connectivity index (χ1n) is 7.37. The van der Waals surface area contributed by atoms with Crippen LogP contribution in [0.4, 0.5) is 0 Å². The van der Waals surface area contributed by atoms with Gasteiger partial charge in [-0.15, -0.1) is 0 Å². The quantitative estimate of drug-likeness (QED) is 0.787. The van der Waals surface area contributed by atoms with Gasteiger partial charge in [-0.1, -0.05) is 0 Å². The molecule has 0 unspecified atom stereocenters. The molecule has 2 rings (SSSR count).